The van der Waals surface area contributed by atoms with Gasteiger partial charge in [-0.3, -0.25) is 4.79 Å². The predicted octanol–water partition coefficient (Wildman–Crippen LogP) is 1.03. The minimum absolute atomic E-state index is 0.0653. The van der Waals surface area contributed by atoms with Crippen molar-refractivity contribution in [2.24, 2.45) is 0 Å². The highest BCUT2D eigenvalue weighted by molar-refractivity contribution is 5.91. The summed E-state index contributed by atoms with van der Waals surface area (Å²) >= 11 is 0. The average molecular weight is 328 g/mol. The molecule has 0 aromatic carbocycles. The lowest BCUT2D eigenvalue weighted by molar-refractivity contribution is 0.0714. The van der Waals surface area contributed by atoms with Crippen LogP contribution in [0.1, 0.15) is 23.4 Å². The van der Waals surface area contributed by atoms with Crippen molar-refractivity contribution in [3.05, 3.63) is 30.4 Å². The summed E-state index contributed by atoms with van der Waals surface area (Å²) in [6.07, 6.45) is 5.65. The summed E-state index contributed by atoms with van der Waals surface area (Å²) in [5.41, 5.74) is 0. The van der Waals surface area contributed by atoms with Gasteiger partial charge in [-0.1, -0.05) is 0 Å². The Hall–Kier alpha value is -2.64. The molecule has 4 rings (SSSR count). The Morgan fingerprint density at radius 1 is 1.04 bits per heavy atom. The van der Waals surface area contributed by atoms with Crippen LogP contribution in [0.15, 0.2) is 29.0 Å². The molecule has 0 bridgehead atoms. The van der Waals surface area contributed by atoms with Gasteiger partial charge in [0.1, 0.15) is 0 Å². The average Bonchev–Trinajstić information content (AvgIpc) is 3.35. The Morgan fingerprint density at radius 2 is 1.83 bits per heavy atom. The molecule has 2 aliphatic heterocycles. The maximum Gasteiger partial charge on any atom is 0.289 e. The van der Waals surface area contributed by atoms with Crippen molar-refractivity contribution in [3.8, 4) is 0 Å². The zero-order valence-corrected chi connectivity index (χ0v) is 13.5. The van der Waals surface area contributed by atoms with Crippen LogP contribution >= 0.6 is 0 Å². The number of furan rings is 1. The minimum atomic E-state index is -0.0653. The third kappa shape index (κ3) is 2.91. The van der Waals surface area contributed by atoms with Gasteiger partial charge in [-0.15, -0.1) is 5.10 Å². The molecule has 2 saturated heterocycles. The highest BCUT2D eigenvalue weighted by Crippen LogP contribution is 2.19. The van der Waals surface area contributed by atoms with Gasteiger partial charge in [0.15, 0.2) is 11.6 Å². The van der Waals surface area contributed by atoms with Gasteiger partial charge in [-0.25, -0.2) is 0 Å². The number of nitrogens with zero attached hydrogens (tertiary/aromatic N) is 6. The van der Waals surface area contributed by atoms with E-state index in [1.165, 1.54) is 19.1 Å². The summed E-state index contributed by atoms with van der Waals surface area (Å²) in [6, 6.07) is 3.42. The van der Waals surface area contributed by atoms with Gasteiger partial charge in [-0.2, -0.15) is 10.1 Å². The number of hydrogen-bond donors (Lipinski definition) is 0. The maximum absolute atomic E-state index is 12.3. The second-order valence-corrected chi connectivity index (χ2v) is 6.07. The Kier molecular flexibility index (Phi) is 4.02. The molecule has 0 radical (unpaired) electrons. The Balaban J connectivity index is 1.40. The van der Waals surface area contributed by atoms with Gasteiger partial charge in [0.2, 0.25) is 5.95 Å². The fourth-order valence-electron chi connectivity index (χ4n) is 3.18. The molecule has 0 unspecified atom stereocenters. The quantitative estimate of drug-likeness (QED) is 0.832. The summed E-state index contributed by atoms with van der Waals surface area (Å²) in [4.78, 5) is 23.1. The van der Waals surface area contributed by atoms with E-state index < -0.39 is 0 Å². The highest BCUT2D eigenvalue weighted by atomic mass is 16.3. The second kappa shape index (κ2) is 6.46. The van der Waals surface area contributed by atoms with E-state index in [9.17, 15) is 4.79 Å². The van der Waals surface area contributed by atoms with Crippen LogP contribution in [0.25, 0.3) is 0 Å². The summed E-state index contributed by atoms with van der Waals surface area (Å²) in [7, 11) is 0. The summed E-state index contributed by atoms with van der Waals surface area (Å²) < 4.78 is 5.19. The van der Waals surface area contributed by atoms with E-state index in [2.05, 4.69) is 25.0 Å². The second-order valence-electron chi connectivity index (χ2n) is 6.07. The van der Waals surface area contributed by atoms with Gasteiger partial charge in [-0.05, 0) is 25.0 Å². The fraction of sp³-hybridized carbons (Fsp3) is 0.500. The van der Waals surface area contributed by atoms with E-state index in [1.807, 2.05) is 0 Å². The molecule has 8 heteroatoms. The number of anilines is 2. The van der Waals surface area contributed by atoms with Crippen molar-refractivity contribution >= 4 is 17.7 Å². The molecule has 2 aliphatic rings. The number of carbonyl (C=O) groups excluding carboxylic acids is 1. The Morgan fingerprint density at radius 3 is 2.54 bits per heavy atom. The normalized spacial score (nSPS) is 18.2. The van der Waals surface area contributed by atoms with E-state index in [1.54, 1.807) is 23.2 Å². The number of aromatic nitrogens is 3. The van der Waals surface area contributed by atoms with Crippen molar-refractivity contribution in [3.63, 3.8) is 0 Å². The van der Waals surface area contributed by atoms with Gasteiger partial charge in [0.25, 0.3) is 5.91 Å². The molecule has 4 heterocycles. The maximum atomic E-state index is 12.3. The van der Waals surface area contributed by atoms with Crippen molar-refractivity contribution in [2.75, 3.05) is 49.1 Å². The van der Waals surface area contributed by atoms with Crippen LogP contribution in [0.3, 0.4) is 0 Å². The first-order valence-corrected chi connectivity index (χ1v) is 8.34. The van der Waals surface area contributed by atoms with Crippen molar-refractivity contribution in [1.29, 1.82) is 0 Å². The number of amides is 1. The Bertz CT molecular complexity index is 690. The van der Waals surface area contributed by atoms with E-state index in [-0.39, 0.29) is 5.91 Å². The minimum Gasteiger partial charge on any atom is -0.459 e. The molecule has 2 fully saturated rings. The van der Waals surface area contributed by atoms with Gasteiger partial charge < -0.3 is 19.1 Å². The number of carbonyl (C=O) groups is 1. The smallest absolute Gasteiger partial charge is 0.289 e. The molecule has 8 nitrogen and oxygen atoms in total. The SMILES string of the molecule is O=C(c1ccco1)N1CCN(c2nncc(N3CCCC3)n2)CC1. The molecule has 2 aromatic rings. The molecule has 24 heavy (non-hydrogen) atoms. The van der Waals surface area contributed by atoms with Crippen LogP contribution in [-0.4, -0.2) is 65.3 Å². The van der Waals surface area contributed by atoms with Crippen LogP contribution in [-0.2, 0) is 0 Å². The van der Waals surface area contributed by atoms with Crippen LogP contribution in [0.5, 0.6) is 0 Å². The Labute approximate surface area is 140 Å². The van der Waals surface area contributed by atoms with Crippen molar-refractivity contribution < 1.29 is 9.21 Å². The van der Waals surface area contributed by atoms with Crippen molar-refractivity contribution in [1.82, 2.24) is 20.1 Å². The van der Waals surface area contributed by atoms with E-state index in [4.69, 9.17) is 4.42 Å². The lowest BCUT2D eigenvalue weighted by atomic mass is 10.3. The summed E-state index contributed by atoms with van der Waals surface area (Å²) in [6.45, 7) is 4.69. The molecule has 2 aromatic heterocycles. The number of rotatable bonds is 3. The van der Waals surface area contributed by atoms with Crippen LogP contribution in [0.4, 0.5) is 11.8 Å². The molecule has 0 atom stereocenters. The van der Waals surface area contributed by atoms with E-state index in [0.29, 0.717) is 37.9 Å². The first kappa shape index (κ1) is 14.9. The fourth-order valence-corrected chi connectivity index (χ4v) is 3.18. The topological polar surface area (TPSA) is 78.6 Å². The zero-order valence-electron chi connectivity index (χ0n) is 13.5. The molecular weight excluding hydrogens is 308 g/mol. The summed E-state index contributed by atoms with van der Waals surface area (Å²) in [5, 5.41) is 8.28. The predicted molar refractivity (Wildman–Crippen MR) is 88.1 cm³/mol. The lowest BCUT2D eigenvalue weighted by Crippen LogP contribution is -2.49. The van der Waals surface area contributed by atoms with Gasteiger partial charge >= 0.3 is 0 Å². The molecule has 0 saturated carbocycles. The molecule has 0 N–H and O–H groups in total. The zero-order chi connectivity index (χ0) is 16.4. The van der Waals surface area contributed by atoms with Crippen molar-refractivity contribution in [2.45, 2.75) is 12.8 Å². The molecule has 0 aliphatic carbocycles. The third-order valence-corrected chi connectivity index (χ3v) is 4.55. The largest absolute Gasteiger partial charge is 0.459 e. The van der Waals surface area contributed by atoms with E-state index >= 15 is 0 Å². The first-order valence-electron chi connectivity index (χ1n) is 8.34. The number of piperazine rings is 1. The van der Waals surface area contributed by atoms with Crippen LogP contribution < -0.4 is 9.80 Å². The highest BCUT2D eigenvalue weighted by Gasteiger charge is 2.25. The van der Waals surface area contributed by atoms with E-state index in [0.717, 1.165) is 18.9 Å². The standard InChI is InChI=1S/C16H20N6O2/c23-15(13-4-3-11-24-13)21-7-9-22(10-8-21)16-18-14(12-17-19-16)20-5-1-2-6-20/h3-4,11-12H,1-2,5-10H2. The van der Waals surface area contributed by atoms with Gasteiger partial charge in [0.05, 0.1) is 12.5 Å². The third-order valence-electron chi connectivity index (χ3n) is 4.55. The first-order chi connectivity index (χ1) is 11.8. The molecule has 126 valence electrons. The lowest BCUT2D eigenvalue weighted by Gasteiger charge is -2.34. The molecular formula is C16H20N6O2. The van der Waals surface area contributed by atoms with Crippen LogP contribution in [0.2, 0.25) is 0 Å². The number of hydrogen-bond acceptors (Lipinski definition) is 7. The van der Waals surface area contributed by atoms with Gasteiger partial charge in [0, 0.05) is 39.3 Å². The monoisotopic (exact) mass is 328 g/mol. The molecule has 0 spiro atoms. The summed E-state index contributed by atoms with van der Waals surface area (Å²) in [5.74, 6) is 1.86. The molecule has 1 amide bonds. The van der Waals surface area contributed by atoms with Crippen LogP contribution in [0, 0.1) is 0 Å².